The van der Waals surface area contributed by atoms with E-state index in [1.807, 2.05) is 84.9 Å². The quantitative estimate of drug-likeness (QED) is 0.154. The van der Waals surface area contributed by atoms with E-state index in [4.69, 9.17) is 11.0 Å². The maximum absolute atomic E-state index is 10.8. The van der Waals surface area contributed by atoms with Crippen LogP contribution in [0.4, 0.5) is 39.8 Å². The van der Waals surface area contributed by atoms with Crippen LogP contribution in [0, 0.1) is 17.9 Å². The molecule has 0 bridgehead atoms. The van der Waals surface area contributed by atoms with Gasteiger partial charge in [0.25, 0.3) is 0 Å². The summed E-state index contributed by atoms with van der Waals surface area (Å²) >= 11 is 0. The first kappa shape index (κ1) is 32.6. The molecule has 2 heterocycles. The van der Waals surface area contributed by atoms with E-state index in [-0.39, 0.29) is 0 Å². The van der Waals surface area contributed by atoms with Crippen molar-refractivity contribution in [1.29, 1.82) is 5.26 Å². The first-order valence-corrected chi connectivity index (χ1v) is 18.4. The van der Waals surface area contributed by atoms with Crippen LogP contribution in [0.3, 0.4) is 0 Å². The van der Waals surface area contributed by atoms with Crippen LogP contribution in [-0.4, -0.2) is 4.57 Å². The minimum absolute atomic E-state index is 0.407. The Morgan fingerprint density at radius 2 is 0.982 bits per heavy atom. The third-order valence-corrected chi connectivity index (χ3v) is 10.4. The van der Waals surface area contributed by atoms with Gasteiger partial charge in [0.05, 0.1) is 34.5 Å². The van der Waals surface area contributed by atoms with Crippen LogP contribution in [0.1, 0.15) is 5.56 Å². The molecule has 6 heteroatoms. The van der Waals surface area contributed by atoms with Crippen molar-refractivity contribution < 1.29 is 4.42 Å². The van der Waals surface area contributed by atoms with Gasteiger partial charge in [-0.05, 0) is 78.9 Å². The molecule has 8 aromatic carbocycles. The summed E-state index contributed by atoms with van der Waals surface area (Å²) in [6.45, 7) is 8.54. The van der Waals surface area contributed by atoms with Gasteiger partial charge in [-0.2, -0.15) is 5.26 Å². The first-order chi connectivity index (χ1) is 27.7. The lowest BCUT2D eigenvalue weighted by molar-refractivity contribution is 0.669. The number of para-hydroxylation sites is 5. The van der Waals surface area contributed by atoms with Gasteiger partial charge in [0, 0.05) is 56.0 Å². The standard InChI is InChI=1S/C50H31N5O/c1-52-44-31-24-34(33-51)49(55-45-21-11-8-18-40(45)41-19-9-12-22-46(41)55)50(44)54(39-29-30-43-42-20-10-13-23-47(42)56-48(43)32-39)38-27-25-37(26-28-38)53(35-14-4-2-5-15-35)36-16-6-3-7-17-36/h2-32H. The highest BCUT2D eigenvalue weighted by Gasteiger charge is 2.27. The van der Waals surface area contributed by atoms with Gasteiger partial charge < -0.3 is 18.8 Å². The molecule has 0 aliphatic heterocycles. The lowest BCUT2D eigenvalue weighted by atomic mass is 10.1. The Hall–Kier alpha value is -8.06. The van der Waals surface area contributed by atoms with Gasteiger partial charge in [-0.25, -0.2) is 4.85 Å². The molecule has 6 nitrogen and oxygen atoms in total. The molecule has 0 unspecified atom stereocenters. The van der Waals surface area contributed by atoms with Crippen molar-refractivity contribution in [1.82, 2.24) is 4.57 Å². The number of furan rings is 1. The fourth-order valence-electron chi connectivity index (χ4n) is 7.97. The number of aromatic nitrogens is 1. The summed E-state index contributed by atoms with van der Waals surface area (Å²) in [5, 5.41) is 15.0. The Morgan fingerprint density at radius 1 is 0.482 bits per heavy atom. The SMILES string of the molecule is [C-]#[N+]c1ccc(C#N)c(-n2c3ccccc3c3ccccc32)c1N(c1ccc(N(c2ccccc2)c2ccccc2)cc1)c1ccc2c(c1)oc1ccccc12. The van der Waals surface area contributed by atoms with Crippen molar-refractivity contribution in [3.63, 3.8) is 0 Å². The van der Waals surface area contributed by atoms with E-state index >= 15 is 0 Å². The first-order valence-electron chi connectivity index (χ1n) is 18.4. The second-order valence-corrected chi connectivity index (χ2v) is 13.6. The summed E-state index contributed by atoms with van der Waals surface area (Å²) in [6, 6.07) is 65.7. The number of benzene rings is 8. The second kappa shape index (κ2) is 13.4. The molecule has 0 saturated carbocycles. The second-order valence-electron chi connectivity index (χ2n) is 13.6. The van der Waals surface area contributed by atoms with Gasteiger partial charge in [-0.1, -0.05) is 103 Å². The molecule has 10 rings (SSSR count). The molecule has 0 aliphatic carbocycles. The Bertz CT molecular complexity index is 3080. The van der Waals surface area contributed by atoms with Gasteiger partial charge in [0.1, 0.15) is 17.2 Å². The molecule has 0 atom stereocenters. The number of hydrogen-bond donors (Lipinski definition) is 0. The molecular weight excluding hydrogens is 687 g/mol. The molecule has 56 heavy (non-hydrogen) atoms. The van der Waals surface area contributed by atoms with Crippen molar-refractivity contribution >= 4 is 83.6 Å². The zero-order valence-electron chi connectivity index (χ0n) is 30.0. The molecule has 0 saturated heterocycles. The predicted octanol–water partition coefficient (Wildman–Crippen LogP) is 14.0. The van der Waals surface area contributed by atoms with Crippen molar-refractivity contribution in [3.05, 3.63) is 205 Å². The van der Waals surface area contributed by atoms with Crippen LogP contribution in [0.5, 0.6) is 0 Å². The van der Waals surface area contributed by atoms with E-state index in [1.165, 1.54) is 0 Å². The van der Waals surface area contributed by atoms with Crippen LogP contribution >= 0.6 is 0 Å². The maximum Gasteiger partial charge on any atom is 0.212 e. The number of hydrogen-bond acceptors (Lipinski definition) is 4. The van der Waals surface area contributed by atoms with Crippen LogP contribution < -0.4 is 9.80 Å². The van der Waals surface area contributed by atoms with Crippen molar-refractivity contribution in [2.75, 3.05) is 9.80 Å². The monoisotopic (exact) mass is 717 g/mol. The van der Waals surface area contributed by atoms with E-state index < -0.39 is 0 Å². The topological polar surface area (TPSA) is 52.7 Å². The number of anilines is 6. The minimum Gasteiger partial charge on any atom is -0.456 e. The molecule has 262 valence electrons. The zero-order chi connectivity index (χ0) is 37.6. The third-order valence-electron chi connectivity index (χ3n) is 10.4. The minimum atomic E-state index is 0.407. The number of fused-ring (bicyclic) bond motifs is 6. The van der Waals surface area contributed by atoms with Crippen LogP contribution in [0.2, 0.25) is 0 Å². The lowest BCUT2D eigenvalue weighted by Crippen LogP contribution is -2.15. The highest BCUT2D eigenvalue weighted by Crippen LogP contribution is 2.49. The zero-order valence-corrected chi connectivity index (χ0v) is 30.0. The fraction of sp³-hybridized carbons (Fsp3) is 0. The van der Waals surface area contributed by atoms with E-state index in [0.29, 0.717) is 22.6 Å². The van der Waals surface area contributed by atoms with Gasteiger partial charge >= 0.3 is 0 Å². The summed E-state index contributed by atoms with van der Waals surface area (Å²) in [5.41, 5.74) is 10.1. The van der Waals surface area contributed by atoms with E-state index in [1.54, 1.807) is 12.1 Å². The molecule has 0 fully saturated rings. The fourth-order valence-corrected chi connectivity index (χ4v) is 7.97. The highest BCUT2D eigenvalue weighted by atomic mass is 16.3. The van der Waals surface area contributed by atoms with Crippen LogP contribution in [0.15, 0.2) is 192 Å². The van der Waals surface area contributed by atoms with E-state index in [2.05, 4.69) is 116 Å². The Morgan fingerprint density at radius 3 is 1.59 bits per heavy atom. The van der Waals surface area contributed by atoms with Gasteiger partial charge in [0.15, 0.2) is 0 Å². The molecule has 0 spiro atoms. The smallest absolute Gasteiger partial charge is 0.212 e. The van der Waals surface area contributed by atoms with Gasteiger partial charge in [-0.15, -0.1) is 0 Å². The summed E-state index contributed by atoms with van der Waals surface area (Å²) in [4.78, 5) is 8.44. The molecule has 0 radical (unpaired) electrons. The predicted molar refractivity (Wildman–Crippen MR) is 228 cm³/mol. The molecular formula is C50H31N5O. The normalized spacial score (nSPS) is 11.2. The molecule has 10 aromatic rings. The third kappa shape index (κ3) is 5.25. The van der Waals surface area contributed by atoms with Crippen molar-refractivity contribution in [3.8, 4) is 11.8 Å². The molecule has 0 aliphatic rings. The van der Waals surface area contributed by atoms with Gasteiger partial charge in [0.2, 0.25) is 5.69 Å². The molecule has 0 N–H and O–H groups in total. The van der Waals surface area contributed by atoms with Crippen LogP contribution in [-0.2, 0) is 0 Å². The largest absolute Gasteiger partial charge is 0.456 e. The Kier molecular flexibility index (Phi) is 7.80. The maximum atomic E-state index is 10.8. The van der Waals surface area contributed by atoms with Crippen LogP contribution in [0.25, 0.3) is 54.3 Å². The summed E-state index contributed by atoms with van der Waals surface area (Å²) in [6.07, 6.45) is 0. The van der Waals surface area contributed by atoms with Gasteiger partial charge in [-0.3, -0.25) is 0 Å². The van der Waals surface area contributed by atoms with E-state index in [0.717, 1.165) is 72.2 Å². The number of rotatable bonds is 7. The highest BCUT2D eigenvalue weighted by molar-refractivity contribution is 6.11. The number of nitrogens with zero attached hydrogens (tertiary/aromatic N) is 5. The lowest BCUT2D eigenvalue weighted by Gasteiger charge is -2.31. The Labute approximate surface area is 323 Å². The Balaban J connectivity index is 1.26. The summed E-state index contributed by atoms with van der Waals surface area (Å²) in [5.74, 6) is 0. The molecule has 2 aromatic heterocycles. The average molecular weight is 718 g/mol. The number of nitriles is 1. The van der Waals surface area contributed by atoms with E-state index in [9.17, 15) is 5.26 Å². The summed E-state index contributed by atoms with van der Waals surface area (Å²) < 4.78 is 8.57. The average Bonchev–Trinajstić information content (AvgIpc) is 3.80. The summed E-state index contributed by atoms with van der Waals surface area (Å²) in [7, 11) is 0. The molecule has 0 amide bonds. The van der Waals surface area contributed by atoms with Crippen molar-refractivity contribution in [2.24, 2.45) is 0 Å². The van der Waals surface area contributed by atoms with Crippen molar-refractivity contribution in [2.45, 2.75) is 0 Å².